The molecule has 1 fully saturated rings. The summed E-state index contributed by atoms with van der Waals surface area (Å²) in [5.41, 5.74) is 7.55. The molecule has 0 radical (unpaired) electrons. The van der Waals surface area contributed by atoms with Gasteiger partial charge in [0.25, 0.3) is 0 Å². The van der Waals surface area contributed by atoms with E-state index in [2.05, 4.69) is 28.2 Å². The zero-order chi connectivity index (χ0) is 39.7. The Morgan fingerprint density at radius 2 is 1.47 bits per heavy atom. The van der Waals surface area contributed by atoms with Crippen molar-refractivity contribution in [3.8, 4) is 0 Å². The van der Waals surface area contributed by atoms with Gasteiger partial charge in [-0.2, -0.15) is 0 Å². The molecule has 2 aromatic carbocycles. The minimum absolute atomic E-state index is 0.00229. The van der Waals surface area contributed by atoms with Crippen LogP contribution in [-0.2, 0) is 41.6 Å². The molecule has 1 aliphatic rings. The maximum Gasteiger partial charge on any atom is 0.312 e. The summed E-state index contributed by atoms with van der Waals surface area (Å²) in [5.74, 6) is -1.63. The summed E-state index contributed by atoms with van der Waals surface area (Å²) in [4.78, 5) is 86.4. The molecule has 0 spiro atoms. The van der Waals surface area contributed by atoms with E-state index >= 15 is 0 Å². The number of anilines is 2. The number of nitrogens with one attached hydrogen (secondary N) is 4. The zero-order valence-electron chi connectivity index (χ0n) is 32.3. The van der Waals surface area contributed by atoms with E-state index in [0.717, 1.165) is 24.8 Å². The lowest BCUT2D eigenvalue weighted by Crippen LogP contribution is -2.51. The van der Waals surface area contributed by atoms with Crippen molar-refractivity contribution in [1.82, 2.24) is 16.0 Å². The monoisotopic (exact) mass is 734 g/mol. The van der Waals surface area contributed by atoms with E-state index in [4.69, 9.17) is 5.73 Å². The fourth-order valence-electron chi connectivity index (χ4n) is 5.77. The van der Waals surface area contributed by atoms with Gasteiger partial charge in [-0.15, -0.1) is 0 Å². The molecule has 0 aromatic heterocycles. The molecule has 1 aliphatic heterocycles. The smallest absolute Gasteiger partial charge is 0.312 e. The van der Waals surface area contributed by atoms with Crippen molar-refractivity contribution in [3.63, 3.8) is 0 Å². The molecular weight excluding hydrogens is 676 g/mol. The first kappa shape index (κ1) is 44.1. The Kier molecular flexibility index (Phi) is 18.4. The van der Waals surface area contributed by atoms with E-state index in [1.54, 1.807) is 50.2 Å². The average molecular weight is 735 g/mol. The lowest BCUT2D eigenvalue weighted by molar-refractivity contribution is -0.130. The lowest BCUT2D eigenvalue weighted by atomic mass is 9.91. The number of hydrogen-bond acceptors (Lipinski definition) is 7. The Labute approximate surface area is 313 Å². The van der Waals surface area contributed by atoms with Crippen LogP contribution in [0.2, 0.25) is 0 Å². The molecule has 13 nitrogen and oxygen atoms in total. The standard InChI is InChI=1S/C36H48N4O6.C4H10N2O/c1-7-24(18-29(41)8-2)17-25-9-13-27(14-10-25)38-32(43)21-37-35(45)34(23(5)6)39-31(42)19-26-11-15-28(16-12-26)40-33(44)20-30(22(3)4)36(40)46;1-2-3-6-4(5)7/h9-16,22-24,30,34H,7-8,17-21H2,1-6H3,(H,37,45)(H,38,43)(H,39,42);2-3H2,1H3,(H3,5,6,7). The summed E-state index contributed by atoms with van der Waals surface area (Å²) in [6, 6.07) is 12.9. The van der Waals surface area contributed by atoms with Crippen LogP contribution in [0.4, 0.5) is 16.2 Å². The van der Waals surface area contributed by atoms with Crippen LogP contribution in [0.1, 0.15) is 91.7 Å². The molecule has 7 amide bonds. The highest BCUT2D eigenvalue weighted by Crippen LogP contribution is 2.31. The fraction of sp³-hybridized carbons (Fsp3) is 0.525. The summed E-state index contributed by atoms with van der Waals surface area (Å²) in [7, 11) is 0. The normalized spacial score (nSPS) is 15.0. The number of imide groups is 1. The third kappa shape index (κ3) is 14.8. The van der Waals surface area contributed by atoms with E-state index in [1.807, 2.05) is 39.8 Å². The van der Waals surface area contributed by atoms with Gasteiger partial charge in [-0.05, 0) is 66.0 Å². The third-order valence-electron chi connectivity index (χ3n) is 9.03. The number of nitrogens with zero attached hydrogens (tertiary/aromatic N) is 1. The van der Waals surface area contributed by atoms with Gasteiger partial charge in [0.1, 0.15) is 11.8 Å². The van der Waals surface area contributed by atoms with Gasteiger partial charge in [0.15, 0.2) is 0 Å². The van der Waals surface area contributed by atoms with Crippen LogP contribution in [0.15, 0.2) is 48.5 Å². The number of Topliss-reactive ketones (excluding diaryl/α,β-unsaturated/α-hetero) is 1. The lowest BCUT2D eigenvalue weighted by Gasteiger charge is -2.22. The topological polar surface area (TPSA) is 197 Å². The predicted molar refractivity (Wildman–Crippen MR) is 206 cm³/mol. The molecule has 13 heteroatoms. The van der Waals surface area contributed by atoms with Crippen LogP contribution in [0.5, 0.6) is 0 Å². The van der Waals surface area contributed by atoms with Gasteiger partial charge in [-0.1, -0.05) is 79.2 Å². The highest BCUT2D eigenvalue weighted by Gasteiger charge is 2.40. The summed E-state index contributed by atoms with van der Waals surface area (Å²) in [6.07, 6.45) is 3.95. The molecule has 3 atom stereocenters. The molecule has 6 N–H and O–H groups in total. The predicted octanol–water partition coefficient (Wildman–Crippen LogP) is 4.66. The minimum Gasteiger partial charge on any atom is -0.352 e. The highest BCUT2D eigenvalue weighted by molar-refractivity contribution is 6.21. The molecule has 3 rings (SSSR count). The Hall–Kier alpha value is -5.07. The van der Waals surface area contributed by atoms with Crippen LogP contribution in [0, 0.1) is 23.7 Å². The van der Waals surface area contributed by atoms with Gasteiger partial charge in [0.2, 0.25) is 29.5 Å². The van der Waals surface area contributed by atoms with Gasteiger partial charge >= 0.3 is 6.03 Å². The average Bonchev–Trinajstić information content (AvgIpc) is 3.42. The molecular formula is C40H58N6O7. The Bertz CT molecular complexity index is 1560. The van der Waals surface area contributed by atoms with Gasteiger partial charge in [-0.25, -0.2) is 4.79 Å². The van der Waals surface area contributed by atoms with Crippen molar-refractivity contribution in [3.05, 3.63) is 59.7 Å². The van der Waals surface area contributed by atoms with Crippen LogP contribution in [0.3, 0.4) is 0 Å². The quantitative estimate of drug-likeness (QED) is 0.137. The van der Waals surface area contributed by atoms with Crippen LogP contribution in [-0.4, -0.2) is 60.5 Å². The molecule has 290 valence electrons. The second kappa shape index (κ2) is 22.1. The Balaban J connectivity index is 0.00000126. The summed E-state index contributed by atoms with van der Waals surface area (Å²) in [6.45, 7) is 13.8. The van der Waals surface area contributed by atoms with E-state index < -0.39 is 23.9 Å². The van der Waals surface area contributed by atoms with Crippen molar-refractivity contribution in [1.29, 1.82) is 0 Å². The van der Waals surface area contributed by atoms with E-state index in [9.17, 15) is 33.6 Å². The first-order chi connectivity index (χ1) is 25.1. The number of amides is 7. The number of benzene rings is 2. The molecule has 0 aliphatic carbocycles. The van der Waals surface area contributed by atoms with Crippen molar-refractivity contribution in [2.24, 2.45) is 29.4 Å². The molecule has 2 aromatic rings. The van der Waals surface area contributed by atoms with E-state index in [-0.39, 0.29) is 66.6 Å². The Morgan fingerprint density at radius 1 is 0.849 bits per heavy atom. The number of carbonyl (C=O) groups is 7. The number of rotatable bonds is 18. The largest absolute Gasteiger partial charge is 0.352 e. The van der Waals surface area contributed by atoms with Crippen molar-refractivity contribution in [2.45, 2.75) is 99.5 Å². The van der Waals surface area contributed by atoms with Gasteiger partial charge in [0.05, 0.1) is 24.6 Å². The van der Waals surface area contributed by atoms with E-state index in [0.29, 0.717) is 36.3 Å². The second-order valence-electron chi connectivity index (χ2n) is 14.1. The van der Waals surface area contributed by atoms with Crippen molar-refractivity contribution >= 4 is 52.7 Å². The van der Waals surface area contributed by atoms with Gasteiger partial charge < -0.3 is 27.0 Å². The van der Waals surface area contributed by atoms with Crippen LogP contribution in [0.25, 0.3) is 0 Å². The van der Waals surface area contributed by atoms with Crippen LogP contribution < -0.4 is 31.9 Å². The first-order valence-electron chi connectivity index (χ1n) is 18.6. The highest BCUT2D eigenvalue weighted by atomic mass is 16.2. The molecule has 1 saturated heterocycles. The number of primary amides is 1. The fourth-order valence-corrected chi connectivity index (χ4v) is 5.77. The maximum atomic E-state index is 12.9. The number of ketones is 1. The molecule has 3 unspecified atom stereocenters. The van der Waals surface area contributed by atoms with Crippen LogP contribution >= 0.6 is 0 Å². The molecule has 0 saturated carbocycles. The van der Waals surface area contributed by atoms with Gasteiger partial charge in [-0.3, -0.25) is 33.7 Å². The number of nitrogens with two attached hydrogens (primary N) is 1. The molecule has 0 bridgehead atoms. The number of carbonyl (C=O) groups excluding carboxylic acids is 7. The van der Waals surface area contributed by atoms with Crippen molar-refractivity contribution in [2.75, 3.05) is 23.3 Å². The van der Waals surface area contributed by atoms with E-state index in [1.165, 1.54) is 4.90 Å². The summed E-state index contributed by atoms with van der Waals surface area (Å²) >= 11 is 0. The summed E-state index contributed by atoms with van der Waals surface area (Å²) < 4.78 is 0. The third-order valence-corrected chi connectivity index (χ3v) is 9.03. The molecule has 53 heavy (non-hydrogen) atoms. The first-order valence-corrected chi connectivity index (χ1v) is 18.6. The maximum absolute atomic E-state index is 12.9. The van der Waals surface area contributed by atoms with Gasteiger partial charge in [0, 0.05) is 31.5 Å². The Morgan fingerprint density at radius 3 is 1.96 bits per heavy atom. The summed E-state index contributed by atoms with van der Waals surface area (Å²) in [5, 5.41) is 10.6. The molecule has 1 heterocycles. The second-order valence-corrected chi connectivity index (χ2v) is 14.1. The number of hydrogen-bond donors (Lipinski definition) is 5. The minimum atomic E-state index is -0.849. The number of urea groups is 1. The van der Waals surface area contributed by atoms with Crippen molar-refractivity contribution < 1.29 is 33.6 Å². The SMILES string of the molecule is CCC(=O)CC(CC)Cc1ccc(NC(=O)CNC(=O)C(NC(=O)Cc2ccc(N3C(=O)CC(C(C)C)C3=O)cc2)C(C)C)cc1.CCCNC(N)=O. The zero-order valence-corrected chi connectivity index (χ0v) is 32.3.